The Morgan fingerprint density at radius 3 is 2.45 bits per heavy atom. The summed E-state index contributed by atoms with van der Waals surface area (Å²) in [7, 11) is -3.60. The Labute approximate surface area is 225 Å². The van der Waals surface area contributed by atoms with Crippen molar-refractivity contribution in [2.45, 2.75) is 70.5 Å². The van der Waals surface area contributed by atoms with Gasteiger partial charge in [0.1, 0.15) is 6.04 Å². The van der Waals surface area contributed by atoms with Crippen LogP contribution in [0.4, 0.5) is 5.69 Å². The van der Waals surface area contributed by atoms with E-state index < -0.39 is 16.1 Å². The lowest BCUT2D eigenvalue weighted by Gasteiger charge is -2.31. The van der Waals surface area contributed by atoms with Gasteiger partial charge in [0.15, 0.2) is 11.5 Å². The molecule has 9 nitrogen and oxygen atoms in total. The molecule has 1 fully saturated rings. The minimum atomic E-state index is -3.60. The van der Waals surface area contributed by atoms with Gasteiger partial charge in [-0.05, 0) is 43.9 Å². The van der Waals surface area contributed by atoms with Crippen molar-refractivity contribution in [3.8, 4) is 11.5 Å². The molecule has 1 atom stereocenters. The smallest absolute Gasteiger partial charge is 0.242 e. The van der Waals surface area contributed by atoms with E-state index in [2.05, 4.69) is 5.32 Å². The quantitative estimate of drug-likeness (QED) is 0.462. The van der Waals surface area contributed by atoms with Crippen LogP contribution >= 0.6 is 0 Å². The van der Waals surface area contributed by atoms with Gasteiger partial charge in [0, 0.05) is 31.6 Å². The minimum absolute atomic E-state index is 0.0932. The summed E-state index contributed by atoms with van der Waals surface area (Å²) in [6.07, 6.45) is 6.86. The van der Waals surface area contributed by atoms with Gasteiger partial charge < -0.3 is 19.7 Å². The Morgan fingerprint density at radius 2 is 1.74 bits per heavy atom. The standard InChI is InChI=1S/C28H37N3O6S/c1-21(28(33)29-23-12-7-4-8-13-23)30(19-22-10-5-3-6-11-22)27(32)14-9-17-31(38(2,34)35)24-15-16-25-26(18-24)37-20-36-25/h3,5-6,10-11,15-16,18,21,23H,4,7-9,12-14,17,19-20H2,1-2H3,(H,29,33). The summed E-state index contributed by atoms with van der Waals surface area (Å²) >= 11 is 0. The minimum Gasteiger partial charge on any atom is -0.454 e. The Hall–Kier alpha value is -3.27. The van der Waals surface area contributed by atoms with Crippen molar-refractivity contribution in [3.05, 3.63) is 54.1 Å². The zero-order chi connectivity index (χ0) is 27.1. The molecule has 2 aromatic rings. The molecular weight excluding hydrogens is 506 g/mol. The molecule has 1 unspecified atom stereocenters. The molecule has 0 aromatic heterocycles. The van der Waals surface area contributed by atoms with Crippen molar-refractivity contribution in [1.82, 2.24) is 10.2 Å². The van der Waals surface area contributed by atoms with Gasteiger partial charge in [0.25, 0.3) is 0 Å². The first-order valence-corrected chi connectivity index (χ1v) is 15.1. The molecule has 1 aliphatic carbocycles. The normalized spacial score (nSPS) is 16.1. The van der Waals surface area contributed by atoms with Crippen molar-refractivity contribution in [1.29, 1.82) is 0 Å². The Morgan fingerprint density at radius 1 is 1.03 bits per heavy atom. The second-order valence-corrected chi connectivity index (χ2v) is 11.9. The lowest BCUT2D eigenvalue weighted by Crippen LogP contribution is -2.50. The largest absolute Gasteiger partial charge is 0.454 e. The molecule has 1 aliphatic heterocycles. The van der Waals surface area contributed by atoms with Crippen LogP contribution in [0.2, 0.25) is 0 Å². The number of rotatable bonds is 11. The van der Waals surface area contributed by atoms with Crippen molar-refractivity contribution in [2.24, 2.45) is 0 Å². The van der Waals surface area contributed by atoms with Crippen molar-refractivity contribution in [2.75, 3.05) is 23.9 Å². The van der Waals surface area contributed by atoms with Crippen LogP contribution in [0.3, 0.4) is 0 Å². The molecule has 2 aromatic carbocycles. The third-order valence-corrected chi connectivity index (χ3v) is 8.30. The van der Waals surface area contributed by atoms with E-state index in [-0.39, 0.29) is 37.6 Å². The number of carbonyl (C=O) groups excluding carboxylic acids is 2. The van der Waals surface area contributed by atoms with E-state index in [9.17, 15) is 18.0 Å². The summed E-state index contributed by atoms with van der Waals surface area (Å²) in [6, 6.07) is 14.0. The van der Waals surface area contributed by atoms with Crippen LogP contribution in [0.1, 0.15) is 57.4 Å². The summed E-state index contributed by atoms with van der Waals surface area (Å²) < 4.78 is 37.1. The van der Waals surface area contributed by atoms with Crippen molar-refractivity contribution < 1.29 is 27.5 Å². The maximum absolute atomic E-state index is 13.4. The summed E-state index contributed by atoms with van der Waals surface area (Å²) in [5.74, 6) is 0.701. The number of nitrogens with one attached hydrogen (secondary N) is 1. The Balaban J connectivity index is 1.43. The first kappa shape index (κ1) is 27.8. The average molecular weight is 544 g/mol. The van der Waals surface area contributed by atoms with Crippen LogP contribution in [-0.4, -0.2) is 56.8 Å². The molecule has 38 heavy (non-hydrogen) atoms. The number of anilines is 1. The molecule has 206 valence electrons. The van der Waals surface area contributed by atoms with Crippen LogP contribution < -0.4 is 19.1 Å². The molecular formula is C28H37N3O6S. The highest BCUT2D eigenvalue weighted by atomic mass is 32.2. The van der Waals surface area contributed by atoms with E-state index in [4.69, 9.17) is 9.47 Å². The average Bonchev–Trinajstić information content (AvgIpc) is 3.37. The van der Waals surface area contributed by atoms with Gasteiger partial charge in [-0.3, -0.25) is 13.9 Å². The maximum Gasteiger partial charge on any atom is 0.242 e. The number of hydrogen-bond acceptors (Lipinski definition) is 6. The Kier molecular flexibility index (Phi) is 9.14. The third kappa shape index (κ3) is 7.18. The van der Waals surface area contributed by atoms with Crippen molar-refractivity contribution >= 4 is 27.5 Å². The number of sulfonamides is 1. The van der Waals surface area contributed by atoms with Crippen LogP contribution in [0.5, 0.6) is 11.5 Å². The van der Waals surface area contributed by atoms with Crippen molar-refractivity contribution in [3.63, 3.8) is 0 Å². The number of hydrogen-bond donors (Lipinski definition) is 1. The number of amides is 2. The number of benzene rings is 2. The molecule has 10 heteroatoms. The molecule has 2 amide bonds. The lowest BCUT2D eigenvalue weighted by molar-refractivity contribution is -0.141. The maximum atomic E-state index is 13.4. The zero-order valence-electron chi connectivity index (χ0n) is 22.1. The predicted octanol–water partition coefficient (Wildman–Crippen LogP) is 3.83. The van der Waals surface area contributed by atoms with Gasteiger partial charge in [-0.15, -0.1) is 0 Å². The highest BCUT2D eigenvalue weighted by Gasteiger charge is 2.28. The van der Waals surface area contributed by atoms with Crippen LogP contribution in [-0.2, 0) is 26.2 Å². The Bertz CT molecular complexity index is 1210. The predicted molar refractivity (Wildman–Crippen MR) is 145 cm³/mol. The topological polar surface area (TPSA) is 105 Å². The van der Waals surface area contributed by atoms with Crippen LogP contribution in [0, 0.1) is 0 Å². The molecule has 2 aliphatic rings. The zero-order valence-corrected chi connectivity index (χ0v) is 22.9. The highest BCUT2D eigenvalue weighted by molar-refractivity contribution is 7.92. The van der Waals surface area contributed by atoms with E-state index >= 15 is 0 Å². The van der Waals surface area contributed by atoms with Gasteiger partial charge in [-0.2, -0.15) is 0 Å². The van der Waals surface area contributed by atoms with E-state index in [1.54, 1.807) is 30.0 Å². The fourth-order valence-electron chi connectivity index (χ4n) is 4.98. The molecule has 0 bridgehead atoms. The first-order chi connectivity index (χ1) is 18.2. The monoisotopic (exact) mass is 543 g/mol. The molecule has 1 N–H and O–H groups in total. The van der Waals surface area contributed by atoms with E-state index in [1.807, 2.05) is 30.3 Å². The first-order valence-electron chi connectivity index (χ1n) is 13.2. The second-order valence-electron chi connectivity index (χ2n) is 10.0. The lowest BCUT2D eigenvalue weighted by atomic mass is 9.95. The SMILES string of the molecule is CC(C(=O)NC1CCCCC1)N(Cc1ccccc1)C(=O)CCCN(c1ccc2c(c1)OCO2)S(C)(=O)=O. The van der Waals surface area contributed by atoms with E-state index in [1.165, 1.54) is 10.7 Å². The number of carbonyl (C=O) groups is 2. The fraction of sp³-hybridized carbons (Fsp3) is 0.500. The van der Waals surface area contributed by atoms with E-state index in [0.29, 0.717) is 30.2 Å². The summed E-state index contributed by atoms with van der Waals surface area (Å²) in [5, 5.41) is 3.13. The molecule has 0 saturated heterocycles. The van der Waals surface area contributed by atoms with E-state index in [0.717, 1.165) is 37.5 Å². The van der Waals surface area contributed by atoms with Gasteiger partial charge in [-0.25, -0.2) is 8.42 Å². The summed E-state index contributed by atoms with van der Waals surface area (Å²) in [6.45, 7) is 2.27. The summed E-state index contributed by atoms with van der Waals surface area (Å²) in [4.78, 5) is 28.2. The van der Waals surface area contributed by atoms with Gasteiger partial charge in [0.2, 0.25) is 28.6 Å². The number of fused-ring (bicyclic) bond motifs is 1. The van der Waals surface area contributed by atoms with Crippen LogP contribution in [0.25, 0.3) is 0 Å². The number of ether oxygens (including phenoxy) is 2. The molecule has 1 saturated carbocycles. The van der Waals surface area contributed by atoms with Crippen LogP contribution in [0.15, 0.2) is 48.5 Å². The molecule has 0 spiro atoms. The fourth-order valence-corrected chi connectivity index (χ4v) is 5.93. The third-order valence-electron chi connectivity index (χ3n) is 7.11. The number of nitrogens with zero attached hydrogens (tertiary/aromatic N) is 2. The van der Waals surface area contributed by atoms with Gasteiger partial charge >= 0.3 is 0 Å². The van der Waals surface area contributed by atoms with Gasteiger partial charge in [-0.1, -0.05) is 49.6 Å². The highest BCUT2D eigenvalue weighted by Crippen LogP contribution is 2.36. The summed E-state index contributed by atoms with van der Waals surface area (Å²) in [5.41, 5.74) is 1.38. The molecule has 0 radical (unpaired) electrons. The molecule has 1 heterocycles. The van der Waals surface area contributed by atoms with Gasteiger partial charge in [0.05, 0.1) is 11.9 Å². The molecule has 4 rings (SSSR count). The second kappa shape index (κ2) is 12.5.